The van der Waals surface area contributed by atoms with Crippen molar-refractivity contribution in [3.63, 3.8) is 0 Å². The van der Waals surface area contributed by atoms with Crippen LogP contribution in [0.15, 0.2) is 65.5 Å². The number of carbonyl (C=O) groups is 2. The molecular formula is C22H18N4O4. The number of aryl methyl sites for hydroxylation is 1. The SMILES string of the molecule is N#Cc1c(-c2ccccc2)c(-c2ccccc2)nn(CCC(=O)NCC(=O)O)c1=O. The Hall–Kier alpha value is -4.25. The summed E-state index contributed by atoms with van der Waals surface area (Å²) in [6.07, 6.45) is -0.149. The molecule has 0 bridgehead atoms. The van der Waals surface area contributed by atoms with Gasteiger partial charge in [-0.25, -0.2) is 4.68 Å². The number of rotatable bonds is 7. The summed E-state index contributed by atoms with van der Waals surface area (Å²) in [5.74, 6) is -1.69. The molecule has 0 aliphatic carbocycles. The molecule has 3 aromatic rings. The van der Waals surface area contributed by atoms with Crippen LogP contribution in [0.5, 0.6) is 0 Å². The normalized spacial score (nSPS) is 10.2. The molecule has 3 rings (SSSR count). The number of aromatic nitrogens is 2. The van der Waals surface area contributed by atoms with Gasteiger partial charge in [-0.05, 0) is 5.56 Å². The number of nitriles is 1. The van der Waals surface area contributed by atoms with E-state index in [1.165, 1.54) is 0 Å². The monoisotopic (exact) mass is 402 g/mol. The van der Waals surface area contributed by atoms with E-state index < -0.39 is 24.0 Å². The Kier molecular flexibility index (Phi) is 6.35. The van der Waals surface area contributed by atoms with Gasteiger partial charge in [0.15, 0.2) is 0 Å². The van der Waals surface area contributed by atoms with Crippen molar-refractivity contribution in [2.45, 2.75) is 13.0 Å². The summed E-state index contributed by atoms with van der Waals surface area (Å²) < 4.78 is 1.08. The third-order valence-corrected chi connectivity index (χ3v) is 4.36. The third kappa shape index (κ3) is 4.59. The quantitative estimate of drug-likeness (QED) is 0.623. The highest BCUT2D eigenvalue weighted by molar-refractivity contribution is 5.84. The van der Waals surface area contributed by atoms with Crippen LogP contribution in [-0.4, -0.2) is 33.3 Å². The van der Waals surface area contributed by atoms with Gasteiger partial charge in [0.2, 0.25) is 5.91 Å². The highest BCUT2D eigenvalue weighted by Gasteiger charge is 2.20. The highest BCUT2D eigenvalue weighted by atomic mass is 16.4. The topological polar surface area (TPSA) is 125 Å². The number of aliphatic carboxylic acids is 1. The van der Waals surface area contributed by atoms with Crippen molar-refractivity contribution in [1.82, 2.24) is 15.1 Å². The van der Waals surface area contributed by atoms with Crippen LogP contribution in [0.2, 0.25) is 0 Å². The van der Waals surface area contributed by atoms with Crippen molar-refractivity contribution in [2.75, 3.05) is 6.54 Å². The fourth-order valence-electron chi connectivity index (χ4n) is 2.98. The number of carboxylic acid groups (broad SMARTS) is 1. The van der Waals surface area contributed by atoms with Crippen LogP contribution in [0.3, 0.4) is 0 Å². The van der Waals surface area contributed by atoms with Crippen LogP contribution < -0.4 is 10.9 Å². The minimum absolute atomic E-state index is 0.0685. The molecule has 1 aromatic heterocycles. The molecule has 8 heteroatoms. The van der Waals surface area contributed by atoms with Crippen LogP contribution in [0, 0.1) is 11.3 Å². The van der Waals surface area contributed by atoms with Crippen molar-refractivity contribution >= 4 is 11.9 Å². The van der Waals surface area contributed by atoms with Crippen LogP contribution in [0.25, 0.3) is 22.4 Å². The number of nitrogens with one attached hydrogen (secondary N) is 1. The molecule has 30 heavy (non-hydrogen) atoms. The fourth-order valence-corrected chi connectivity index (χ4v) is 2.98. The molecule has 150 valence electrons. The molecule has 0 saturated carbocycles. The molecule has 1 amide bonds. The lowest BCUT2D eigenvalue weighted by atomic mass is 9.96. The zero-order valence-electron chi connectivity index (χ0n) is 15.9. The van der Waals surface area contributed by atoms with Gasteiger partial charge < -0.3 is 10.4 Å². The Bertz CT molecular complexity index is 1170. The van der Waals surface area contributed by atoms with Crippen molar-refractivity contribution in [1.29, 1.82) is 5.26 Å². The Morgan fingerprint density at radius 1 is 1.03 bits per heavy atom. The Morgan fingerprint density at radius 2 is 1.63 bits per heavy atom. The number of carboxylic acids is 1. The van der Waals surface area contributed by atoms with E-state index in [-0.39, 0.29) is 18.5 Å². The van der Waals surface area contributed by atoms with E-state index in [9.17, 15) is 19.6 Å². The zero-order chi connectivity index (χ0) is 21.5. The lowest BCUT2D eigenvalue weighted by Crippen LogP contribution is -2.32. The minimum atomic E-state index is -1.16. The van der Waals surface area contributed by atoms with Crippen molar-refractivity contribution in [3.8, 4) is 28.5 Å². The maximum atomic E-state index is 12.9. The second-order valence-corrected chi connectivity index (χ2v) is 6.39. The Labute approximate surface area is 172 Å². The molecule has 1 heterocycles. The summed E-state index contributed by atoms with van der Waals surface area (Å²) in [6, 6.07) is 20.2. The molecule has 0 unspecified atom stereocenters. The van der Waals surface area contributed by atoms with Gasteiger partial charge in [0, 0.05) is 17.5 Å². The Morgan fingerprint density at radius 3 is 2.20 bits per heavy atom. The van der Waals surface area contributed by atoms with Gasteiger partial charge in [-0.15, -0.1) is 0 Å². The number of carbonyl (C=O) groups excluding carboxylic acids is 1. The molecule has 2 N–H and O–H groups in total. The van der Waals surface area contributed by atoms with Crippen LogP contribution in [-0.2, 0) is 16.1 Å². The molecule has 0 radical (unpaired) electrons. The molecule has 0 atom stereocenters. The van der Waals surface area contributed by atoms with E-state index in [1.54, 1.807) is 12.1 Å². The predicted molar refractivity (Wildman–Crippen MR) is 109 cm³/mol. The summed E-state index contributed by atoms with van der Waals surface area (Å²) in [5, 5.41) is 25.1. The van der Waals surface area contributed by atoms with E-state index in [4.69, 9.17) is 5.11 Å². The lowest BCUT2D eigenvalue weighted by Gasteiger charge is -2.14. The predicted octanol–water partition coefficient (Wildman–Crippen LogP) is 2.04. The van der Waals surface area contributed by atoms with Crippen LogP contribution >= 0.6 is 0 Å². The smallest absolute Gasteiger partial charge is 0.322 e. The van der Waals surface area contributed by atoms with Crippen molar-refractivity contribution in [2.24, 2.45) is 0 Å². The van der Waals surface area contributed by atoms with Gasteiger partial charge in [-0.2, -0.15) is 10.4 Å². The number of hydrogen-bond donors (Lipinski definition) is 2. The van der Waals surface area contributed by atoms with Crippen LogP contribution in [0.1, 0.15) is 12.0 Å². The largest absolute Gasteiger partial charge is 0.480 e. The first-order valence-corrected chi connectivity index (χ1v) is 9.16. The fraction of sp³-hybridized carbons (Fsp3) is 0.136. The summed E-state index contributed by atoms with van der Waals surface area (Å²) in [5.41, 5.74) is 1.61. The number of hydrogen-bond acceptors (Lipinski definition) is 5. The zero-order valence-corrected chi connectivity index (χ0v) is 15.9. The molecular weight excluding hydrogens is 384 g/mol. The van der Waals surface area contributed by atoms with E-state index in [0.29, 0.717) is 16.8 Å². The maximum absolute atomic E-state index is 12.9. The van der Waals surface area contributed by atoms with Gasteiger partial charge in [0.05, 0.1) is 6.54 Å². The third-order valence-electron chi connectivity index (χ3n) is 4.36. The standard InChI is InChI=1S/C22H18N4O4/c23-13-17-20(15-7-3-1-4-8-15)21(16-9-5-2-6-10-16)25-26(22(17)30)12-11-18(27)24-14-19(28)29/h1-10H,11-12,14H2,(H,24,27)(H,28,29). The summed E-state index contributed by atoms with van der Waals surface area (Å²) in [4.78, 5) is 35.3. The average molecular weight is 402 g/mol. The van der Waals surface area contributed by atoms with Gasteiger partial charge in [0.25, 0.3) is 5.56 Å². The second-order valence-electron chi connectivity index (χ2n) is 6.39. The molecule has 2 aromatic carbocycles. The van der Waals surface area contributed by atoms with E-state index in [0.717, 1.165) is 10.2 Å². The molecule has 8 nitrogen and oxygen atoms in total. The number of amides is 1. The van der Waals surface area contributed by atoms with E-state index in [1.807, 2.05) is 54.6 Å². The summed E-state index contributed by atoms with van der Waals surface area (Å²) in [6.45, 7) is -0.597. The molecule has 0 aliphatic heterocycles. The maximum Gasteiger partial charge on any atom is 0.322 e. The van der Waals surface area contributed by atoms with Crippen molar-refractivity contribution in [3.05, 3.63) is 76.6 Å². The second kappa shape index (κ2) is 9.30. The first-order valence-electron chi connectivity index (χ1n) is 9.16. The molecule has 0 spiro atoms. The number of benzene rings is 2. The Balaban J connectivity index is 2.08. The first-order chi connectivity index (χ1) is 14.5. The van der Waals surface area contributed by atoms with E-state index in [2.05, 4.69) is 10.4 Å². The van der Waals surface area contributed by atoms with Gasteiger partial charge in [-0.1, -0.05) is 60.7 Å². The van der Waals surface area contributed by atoms with Gasteiger partial charge in [0.1, 0.15) is 23.9 Å². The van der Waals surface area contributed by atoms with Crippen molar-refractivity contribution < 1.29 is 14.7 Å². The van der Waals surface area contributed by atoms with E-state index >= 15 is 0 Å². The highest BCUT2D eigenvalue weighted by Crippen LogP contribution is 2.31. The average Bonchev–Trinajstić information content (AvgIpc) is 2.77. The lowest BCUT2D eigenvalue weighted by molar-refractivity contribution is -0.138. The van der Waals surface area contributed by atoms with Gasteiger partial charge in [-0.3, -0.25) is 14.4 Å². The first kappa shape index (κ1) is 20.5. The van der Waals surface area contributed by atoms with Gasteiger partial charge >= 0.3 is 5.97 Å². The molecule has 0 fully saturated rings. The minimum Gasteiger partial charge on any atom is -0.480 e. The summed E-state index contributed by atoms with van der Waals surface area (Å²) >= 11 is 0. The molecule has 0 saturated heterocycles. The van der Waals surface area contributed by atoms with Crippen LogP contribution in [0.4, 0.5) is 0 Å². The summed E-state index contributed by atoms with van der Waals surface area (Å²) in [7, 11) is 0. The number of nitrogens with zero attached hydrogens (tertiary/aromatic N) is 3. The molecule has 0 aliphatic rings.